The summed E-state index contributed by atoms with van der Waals surface area (Å²) in [5.74, 6) is 0.410. The number of benzene rings is 1. The molecule has 0 aliphatic heterocycles. The summed E-state index contributed by atoms with van der Waals surface area (Å²) in [5, 5.41) is 13.5. The highest BCUT2D eigenvalue weighted by Crippen LogP contribution is 2.25. The van der Waals surface area contributed by atoms with Gasteiger partial charge >= 0.3 is 0 Å². The van der Waals surface area contributed by atoms with Gasteiger partial charge in [-0.2, -0.15) is 0 Å². The van der Waals surface area contributed by atoms with Crippen molar-refractivity contribution in [2.24, 2.45) is 0 Å². The van der Waals surface area contributed by atoms with Crippen LogP contribution in [0, 0.1) is 0 Å². The van der Waals surface area contributed by atoms with E-state index < -0.39 is 0 Å². The molecule has 0 radical (unpaired) electrons. The SMILES string of the molecule is CCCCCCCCCCNC(CC)c1ccccc1O. The Bertz CT molecular complexity index is 364. The molecule has 0 saturated heterocycles. The molecule has 0 saturated carbocycles. The fourth-order valence-corrected chi connectivity index (χ4v) is 2.79. The summed E-state index contributed by atoms with van der Waals surface area (Å²) in [4.78, 5) is 0. The minimum Gasteiger partial charge on any atom is -0.508 e. The third kappa shape index (κ3) is 7.52. The van der Waals surface area contributed by atoms with E-state index in [1.54, 1.807) is 6.07 Å². The number of hydrogen-bond donors (Lipinski definition) is 2. The number of unbranched alkanes of at least 4 members (excludes halogenated alkanes) is 7. The maximum Gasteiger partial charge on any atom is 0.120 e. The Morgan fingerprint density at radius 1 is 0.905 bits per heavy atom. The van der Waals surface area contributed by atoms with Gasteiger partial charge < -0.3 is 10.4 Å². The highest BCUT2D eigenvalue weighted by molar-refractivity contribution is 5.34. The lowest BCUT2D eigenvalue weighted by Gasteiger charge is -2.18. The maximum atomic E-state index is 9.92. The normalized spacial score (nSPS) is 12.5. The molecule has 0 aliphatic carbocycles. The number of nitrogens with one attached hydrogen (secondary N) is 1. The summed E-state index contributed by atoms with van der Waals surface area (Å²) < 4.78 is 0. The van der Waals surface area contributed by atoms with Crippen LogP contribution in [0.15, 0.2) is 24.3 Å². The monoisotopic (exact) mass is 291 g/mol. The molecule has 1 rings (SSSR count). The zero-order valence-electron chi connectivity index (χ0n) is 13.9. The van der Waals surface area contributed by atoms with Gasteiger partial charge in [0.15, 0.2) is 0 Å². The molecule has 0 aliphatic rings. The second-order valence-electron chi connectivity index (χ2n) is 5.95. The van der Waals surface area contributed by atoms with Crippen molar-refractivity contribution in [3.63, 3.8) is 0 Å². The lowest BCUT2D eigenvalue weighted by atomic mass is 10.0. The van der Waals surface area contributed by atoms with E-state index in [4.69, 9.17) is 0 Å². The average molecular weight is 291 g/mol. The first-order valence-electron chi connectivity index (χ1n) is 8.80. The van der Waals surface area contributed by atoms with Gasteiger partial charge in [0.1, 0.15) is 5.75 Å². The van der Waals surface area contributed by atoms with Crippen LogP contribution in [0.1, 0.15) is 83.2 Å². The highest BCUT2D eigenvalue weighted by atomic mass is 16.3. The summed E-state index contributed by atoms with van der Waals surface area (Å²) in [6.45, 7) is 5.47. The van der Waals surface area contributed by atoms with Gasteiger partial charge in [-0.25, -0.2) is 0 Å². The van der Waals surface area contributed by atoms with E-state index in [1.807, 2.05) is 18.2 Å². The molecule has 120 valence electrons. The molecule has 0 bridgehead atoms. The Labute approximate surface area is 131 Å². The van der Waals surface area contributed by atoms with Crippen LogP contribution >= 0.6 is 0 Å². The molecule has 1 atom stereocenters. The number of hydrogen-bond acceptors (Lipinski definition) is 2. The van der Waals surface area contributed by atoms with E-state index in [0.29, 0.717) is 5.75 Å². The molecular weight excluding hydrogens is 258 g/mol. The molecule has 0 aromatic heterocycles. The van der Waals surface area contributed by atoms with Crippen LogP contribution in [0.25, 0.3) is 0 Å². The van der Waals surface area contributed by atoms with E-state index in [1.165, 1.54) is 51.4 Å². The van der Waals surface area contributed by atoms with Crippen molar-refractivity contribution >= 4 is 0 Å². The van der Waals surface area contributed by atoms with Crippen LogP contribution in [0.3, 0.4) is 0 Å². The average Bonchev–Trinajstić information content (AvgIpc) is 2.50. The van der Waals surface area contributed by atoms with Crippen LogP contribution in [-0.4, -0.2) is 11.7 Å². The molecule has 0 spiro atoms. The van der Waals surface area contributed by atoms with E-state index >= 15 is 0 Å². The number of phenols is 1. The molecule has 0 amide bonds. The zero-order chi connectivity index (χ0) is 15.3. The Hall–Kier alpha value is -1.02. The first-order chi connectivity index (χ1) is 10.3. The minimum atomic E-state index is 0.274. The number of para-hydroxylation sites is 1. The van der Waals surface area contributed by atoms with Crippen LogP contribution in [0.2, 0.25) is 0 Å². The lowest BCUT2D eigenvalue weighted by Crippen LogP contribution is -2.21. The Kier molecular flexibility index (Phi) is 9.98. The van der Waals surface area contributed by atoms with Gasteiger partial charge in [-0.3, -0.25) is 0 Å². The fourth-order valence-electron chi connectivity index (χ4n) is 2.79. The second kappa shape index (κ2) is 11.6. The van der Waals surface area contributed by atoms with Crippen LogP contribution < -0.4 is 5.32 Å². The predicted octanol–water partition coefficient (Wildman–Crippen LogP) is 5.57. The van der Waals surface area contributed by atoms with E-state index in [9.17, 15) is 5.11 Å². The van der Waals surface area contributed by atoms with Crippen LogP contribution in [0.5, 0.6) is 5.75 Å². The summed E-state index contributed by atoms with van der Waals surface area (Å²) in [5.41, 5.74) is 1.03. The standard InChI is InChI=1S/C19H33NO/c1-3-5-6-7-8-9-10-13-16-20-18(4-2)17-14-11-12-15-19(17)21/h11-12,14-15,18,20-21H,3-10,13,16H2,1-2H3. The quantitative estimate of drug-likeness (QED) is 0.493. The third-order valence-electron chi connectivity index (χ3n) is 4.14. The van der Waals surface area contributed by atoms with Gasteiger partial charge in [-0.1, -0.05) is 77.0 Å². The number of phenolic OH excluding ortho intramolecular Hbond substituents is 1. The molecule has 1 unspecified atom stereocenters. The van der Waals surface area contributed by atoms with Crippen molar-refractivity contribution in [2.75, 3.05) is 6.54 Å². The maximum absolute atomic E-state index is 9.92. The van der Waals surface area contributed by atoms with Crippen LogP contribution in [-0.2, 0) is 0 Å². The van der Waals surface area contributed by atoms with E-state index in [-0.39, 0.29) is 6.04 Å². The number of aromatic hydroxyl groups is 1. The van der Waals surface area contributed by atoms with Crippen molar-refractivity contribution in [3.8, 4) is 5.75 Å². The molecular formula is C19H33NO. The minimum absolute atomic E-state index is 0.274. The summed E-state index contributed by atoms with van der Waals surface area (Å²) in [7, 11) is 0. The first kappa shape index (κ1) is 18.0. The molecule has 2 heteroatoms. The van der Waals surface area contributed by atoms with Gasteiger partial charge in [-0.05, 0) is 25.5 Å². The zero-order valence-corrected chi connectivity index (χ0v) is 13.9. The van der Waals surface area contributed by atoms with Crippen molar-refractivity contribution in [3.05, 3.63) is 29.8 Å². The van der Waals surface area contributed by atoms with E-state index in [2.05, 4.69) is 19.2 Å². The largest absolute Gasteiger partial charge is 0.508 e. The molecule has 1 aromatic rings. The second-order valence-corrected chi connectivity index (χ2v) is 5.95. The smallest absolute Gasteiger partial charge is 0.120 e. The molecule has 2 nitrogen and oxygen atoms in total. The Morgan fingerprint density at radius 3 is 2.14 bits per heavy atom. The molecule has 1 aromatic carbocycles. The topological polar surface area (TPSA) is 32.3 Å². The first-order valence-corrected chi connectivity index (χ1v) is 8.80. The number of rotatable bonds is 12. The highest BCUT2D eigenvalue weighted by Gasteiger charge is 2.11. The van der Waals surface area contributed by atoms with Crippen molar-refractivity contribution in [1.29, 1.82) is 0 Å². The predicted molar refractivity (Wildman–Crippen MR) is 91.8 cm³/mol. The lowest BCUT2D eigenvalue weighted by molar-refractivity contribution is 0.437. The molecule has 21 heavy (non-hydrogen) atoms. The third-order valence-corrected chi connectivity index (χ3v) is 4.14. The van der Waals surface area contributed by atoms with Gasteiger partial charge in [-0.15, -0.1) is 0 Å². The van der Waals surface area contributed by atoms with Crippen molar-refractivity contribution in [2.45, 2.75) is 77.7 Å². The fraction of sp³-hybridized carbons (Fsp3) is 0.684. The van der Waals surface area contributed by atoms with Crippen molar-refractivity contribution < 1.29 is 5.11 Å². The molecule has 0 fully saturated rings. The Morgan fingerprint density at radius 2 is 1.52 bits per heavy atom. The van der Waals surface area contributed by atoms with Gasteiger partial charge in [0.2, 0.25) is 0 Å². The van der Waals surface area contributed by atoms with Crippen molar-refractivity contribution in [1.82, 2.24) is 5.32 Å². The summed E-state index contributed by atoms with van der Waals surface area (Å²) >= 11 is 0. The Balaban J connectivity index is 2.12. The van der Waals surface area contributed by atoms with Gasteiger partial charge in [0.25, 0.3) is 0 Å². The molecule has 0 heterocycles. The van der Waals surface area contributed by atoms with E-state index in [0.717, 1.165) is 18.5 Å². The van der Waals surface area contributed by atoms with Gasteiger partial charge in [0.05, 0.1) is 0 Å². The van der Waals surface area contributed by atoms with Gasteiger partial charge in [0, 0.05) is 11.6 Å². The molecule has 2 N–H and O–H groups in total. The van der Waals surface area contributed by atoms with Crippen LogP contribution in [0.4, 0.5) is 0 Å². The summed E-state index contributed by atoms with van der Waals surface area (Å²) in [6.07, 6.45) is 11.8. The summed E-state index contributed by atoms with van der Waals surface area (Å²) in [6, 6.07) is 7.94.